The van der Waals surface area contributed by atoms with E-state index in [4.69, 9.17) is 31.6 Å². The summed E-state index contributed by atoms with van der Waals surface area (Å²) in [6.07, 6.45) is 5.30. The minimum atomic E-state index is -1.78. The number of fused-ring (bicyclic) bond motifs is 2. The van der Waals surface area contributed by atoms with Crippen molar-refractivity contribution in [3.8, 4) is 0 Å². The van der Waals surface area contributed by atoms with Gasteiger partial charge in [0.2, 0.25) is 17.3 Å². The Morgan fingerprint density at radius 2 is 2.04 bits per heavy atom. The third-order valence-electron chi connectivity index (χ3n) is 7.99. The Labute approximate surface area is 306 Å². The van der Waals surface area contributed by atoms with Gasteiger partial charge in [-0.2, -0.15) is 13.9 Å². The Hall–Kier alpha value is -5.67. The maximum Gasteiger partial charge on any atom is 0.350 e. The van der Waals surface area contributed by atoms with Gasteiger partial charge in [-0.05, 0) is 26.0 Å². The third-order valence-corrected chi connectivity index (χ3v) is 10.9. The zero-order chi connectivity index (χ0) is 37.9. The Kier molecular flexibility index (Phi) is 11.1. The van der Waals surface area contributed by atoms with Gasteiger partial charge in [0.1, 0.15) is 11.4 Å². The first-order valence-electron chi connectivity index (χ1n) is 15.1. The van der Waals surface area contributed by atoms with Gasteiger partial charge in [0.25, 0.3) is 6.47 Å². The third kappa shape index (κ3) is 7.80. The number of Topliss-reactive ketones (excluding diaryl/α,β-unsaturated/α-hetero) is 1. The molecule has 0 spiro atoms. The molecule has 0 radical (unpaired) electrons. The normalized spacial score (nSPS) is 17.2. The van der Waals surface area contributed by atoms with Crippen molar-refractivity contribution in [3.05, 3.63) is 69.7 Å². The summed E-state index contributed by atoms with van der Waals surface area (Å²) in [6.45, 7) is 2.97. The summed E-state index contributed by atoms with van der Waals surface area (Å²) < 4.78 is 7.87. The Morgan fingerprint density at radius 3 is 2.65 bits per heavy atom. The molecule has 7 N–H and O–H groups in total. The molecule has 6 heterocycles. The molecular formula is C31H31N9O9S3. The SMILES string of the molecule is CC(C)(O/N=C(\C(=O)C[C@@H]1C(=O)N2C(C(=O)[O-])=C(C[n+]3ccc4ccn(Cc5cc(C(=N)N)cs5)c4c3)CS[C@H]12)c1nsc(N)n1)C(=O)O.O=CO. The van der Waals surface area contributed by atoms with Crippen molar-refractivity contribution < 1.29 is 48.7 Å². The molecule has 4 aromatic rings. The van der Waals surface area contributed by atoms with Crippen LogP contribution in [0.2, 0.25) is 0 Å². The van der Waals surface area contributed by atoms with E-state index in [-0.39, 0.29) is 47.7 Å². The molecule has 0 aliphatic carbocycles. The molecule has 2 atom stereocenters. The molecular weight excluding hydrogens is 739 g/mol. The zero-order valence-corrected chi connectivity index (χ0v) is 29.9. The van der Waals surface area contributed by atoms with E-state index in [2.05, 4.69) is 14.5 Å². The summed E-state index contributed by atoms with van der Waals surface area (Å²) in [6, 6.07) is 5.77. The number of carbonyl (C=O) groups excluding carboxylic acids is 3. The van der Waals surface area contributed by atoms with E-state index in [1.165, 1.54) is 36.9 Å². The minimum absolute atomic E-state index is 0.00440. The Bertz CT molecular complexity index is 2150. The summed E-state index contributed by atoms with van der Waals surface area (Å²) >= 11 is 3.62. The zero-order valence-electron chi connectivity index (χ0n) is 27.4. The van der Waals surface area contributed by atoms with Crippen LogP contribution in [0.1, 0.15) is 36.5 Å². The lowest BCUT2D eigenvalue weighted by Gasteiger charge is -2.50. The molecule has 6 rings (SSSR count). The van der Waals surface area contributed by atoms with Crippen LogP contribution in [0.4, 0.5) is 5.13 Å². The van der Waals surface area contributed by atoms with Gasteiger partial charge in [-0.3, -0.25) is 24.7 Å². The second-order valence-corrected chi connectivity index (χ2v) is 14.8. The van der Waals surface area contributed by atoms with Crippen LogP contribution in [-0.2, 0) is 41.9 Å². The lowest BCUT2D eigenvalue weighted by molar-refractivity contribution is -0.687. The van der Waals surface area contributed by atoms with Crippen molar-refractivity contribution in [3.63, 3.8) is 0 Å². The van der Waals surface area contributed by atoms with Gasteiger partial charge in [-0.25, -0.2) is 4.79 Å². The van der Waals surface area contributed by atoms with Crippen molar-refractivity contribution >= 4 is 92.3 Å². The highest BCUT2D eigenvalue weighted by atomic mass is 32.2. The van der Waals surface area contributed by atoms with Gasteiger partial charge in [0, 0.05) is 62.7 Å². The van der Waals surface area contributed by atoms with E-state index >= 15 is 0 Å². The topological polar surface area (TPSA) is 284 Å². The summed E-state index contributed by atoms with van der Waals surface area (Å²) in [5.41, 5.74) is 10.9. The fourth-order valence-electron chi connectivity index (χ4n) is 5.37. The largest absolute Gasteiger partial charge is 0.543 e. The number of carboxylic acid groups (broad SMARTS) is 3. The minimum Gasteiger partial charge on any atom is -0.543 e. The number of thioether (sulfide) groups is 1. The van der Waals surface area contributed by atoms with E-state index in [1.54, 1.807) is 0 Å². The number of carbonyl (C=O) groups is 5. The van der Waals surface area contributed by atoms with E-state index in [1.807, 2.05) is 51.3 Å². The molecule has 18 nitrogen and oxygen atoms in total. The molecule has 1 amide bonds. The number of nitrogens with one attached hydrogen (secondary N) is 1. The predicted octanol–water partition coefficient (Wildman–Crippen LogP) is 0.236. The number of carboxylic acids is 2. The van der Waals surface area contributed by atoms with Crippen LogP contribution in [0.5, 0.6) is 0 Å². The maximum atomic E-state index is 13.4. The van der Waals surface area contributed by atoms with Crippen molar-refractivity contribution in [2.24, 2.45) is 16.8 Å². The first-order valence-corrected chi connectivity index (χ1v) is 17.8. The van der Waals surface area contributed by atoms with Crippen molar-refractivity contribution in [1.29, 1.82) is 5.41 Å². The quantitative estimate of drug-likeness (QED) is 0.0304. The van der Waals surface area contributed by atoms with Gasteiger partial charge in [-0.15, -0.1) is 23.1 Å². The van der Waals surface area contributed by atoms with Crippen LogP contribution in [-0.4, -0.2) is 87.4 Å². The average molecular weight is 770 g/mol. The number of pyridine rings is 1. The molecule has 1 fully saturated rings. The number of aliphatic carboxylic acids is 2. The molecule has 1 saturated heterocycles. The number of oxime groups is 1. The van der Waals surface area contributed by atoms with Gasteiger partial charge in [0.05, 0.1) is 29.5 Å². The number of rotatable bonds is 13. The number of β-lactam (4-membered cyclic amide) rings is 1. The van der Waals surface area contributed by atoms with E-state index < -0.39 is 46.2 Å². The Morgan fingerprint density at radius 1 is 1.31 bits per heavy atom. The molecule has 2 aliphatic rings. The summed E-state index contributed by atoms with van der Waals surface area (Å²) in [7, 11) is 0. The van der Waals surface area contributed by atoms with Crippen molar-refractivity contribution in [1.82, 2.24) is 18.8 Å². The molecule has 272 valence electrons. The van der Waals surface area contributed by atoms with Crippen molar-refractivity contribution in [2.45, 2.75) is 44.3 Å². The number of thiophene rings is 1. The van der Waals surface area contributed by atoms with Gasteiger partial charge in [-0.1, -0.05) is 5.16 Å². The number of nitrogens with zero attached hydrogens (tertiary/aromatic N) is 6. The fraction of sp³-hybridized carbons (Fsp3) is 0.290. The van der Waals surface area contributed by atoms with E-state index in [0.29, 0.717) is 17.7 Å². The number of nitrogen functional groups attached to an aromatic ring is 2. The predicted molar refractivity (Wildman–Crippen MR) is 187 cm³/mol. The summed E-state index contributed by atoms with van der Waals surface area (Å²) in [5.74, 6) is -4.91. The van der Waals surface area contributed by atoms with Gasteiger partial charge >= 0.3 is 5.97 Å². The smallest absolute Gasteiger partial charge is 0.350 e. The van der Waals surface area contributed by atoms with Crippen LogP contribution in [0, 0.1) is 11.3 Å². The molecule has 21 heteroatoms. The van der Waals surface area contributed by atoms with E-state index in [0.717, 1.165) is 32.2 Å². The number of amides is 1. The van der Waals surface area contributed by atoms with Gasteiger partial charge < -0.3 is 41.0 Å². The number of aromatic nitrogens is 4. The highest BCUT2D eigenvalue weighted by Gasteiger charge is 2.53. The number of hydrogen-bond acceptors (Lipinski definition) is 15. The second kappa shape index (κ2) is 15.3. The van der Waals surface area contributed by atoms with Crippen LogP contribution in [0.15, 0.2) is 58.6 Å². The number of amidine groups is 1. The molecule has 0 bridgehead atoms. The molecule has 2 aliphatic heterocycles. The molecule has 4 aromatic heterocycles. The highest BCUT2D eigenvalue weighted by Crippen LogP contribution is 2.45. The molecule has 0 unspecified atom stereocenters. The van der Waals surface area contributed by atoms with Gasteiger partial charge in [0.15, 0.2) is 35.6 Å². The average Bonchev–Trinajstić information content (AvgIpc) is 3.84. The van der Waals surface area contributed by atoms with Crippen LogP contribution < -0.4 is 21.1 Å². The first-order chi connectivity index (χ1) is 24.6. The fourth-order valence-corrected chi connectivity index (χ4v) is 8.09. The van der Waals surface area contributed by atoms with Crippen LogP contribution in [0.3, 0.4) is 0 Å². The van der Waals surface area contributed by atoms with E-state index in [9.17, 15) is 29.4 Å². The Balaban J connectivity index is 0.00000168. The van der Waals surface area contributed by atoms with Crippen LogP contribution in [0.25, 0.3) is 10.9 Å². The molecule has 52 heavy (non-hydrogen) atoms. The number of nitrogens with two attached hydrogens (primary N) is 2. The number of anilines is 1. The van der Waals surface area contributed by atoms with Crippen LogP contribution >= 0.6 is 34.6 Å². The first kappa shape index (κ1) is 37.6. The maximum absolute atomic E-state index is 13.4. The number of hydrogen-bond donors (Lipinski definition) is 5. The standard InChI is InChI=1S/C30H29N9O7S3.CH2O2/c1-30(2,28(44)45)46-35-21(24-34-29(33)49-36-24)20(40)8-18-25(41)39-22(27(42)43)16(13-48-26(18)39)9-37-5-3-14-4-6-38(19(14)11-37)10-17-7-15(12-47-17)23(31)32;2-1-3/h3-7,11-12,18,26H,8-10,13H2,1-2H3,(H6-,31,32,33,34,36,42,43,44,45);1H,(H,2,3)/b35-21+;/t18-,26-;/m1./s1. The van der Waals surface area contributed by atoms with Crippen molar-refractivity contribution in [2.75, 3.05) is 11.5 Å². The lowest BCUT2D eigenvalue weighted by Crippen LogP contribution is -2.63. The molecule has 0 aromatic carbocycles. The highest BCUT2D eigenvalue weighted by molar-refractivity contribution is 8.00. The second-order valence-electron chi connectivity index (χ2n) is 11.9. The number of ketones is 1. The lowest BCUT2D eigenvalue weighted by atomic mass is 9.89. The summed E-state index contributed by atoms with van der Waals surface area (Å²) in [4.78, 5) is 70.4. The molecule has 0 saturated carbocycles. The summed E-state index contributed by atoms with van der Waals surface area (Å²) in [5, 5.41) is 42.3. The monoisotopic (exact) mass is 769 g/mol.